The summed E-state index contributed by atoms with van der Waals surface area (Å²) in [5.41, 5.74) is -0.330. The van der Waals surface area contributed by atoms with Crippen molar-refractivity contribution < 1.29 is 10.2 Å². The fourth-order valence-corrected chi connectivity index (χ4v) is 1.53. The van der Waals surface area contributed by atoms with Gasteiger partial charge in [0.05, 0.1) is 13.2 Å². The van der Waals surface area contributed by atoms with Crippen LogP contribution in [0.25, 0.3) is 0 Å². The third kappa shape index (κ3) is 1.59. The van der Waals surface area contributed by atoms with E-state index in [1.54, 1.807) is 0 Å². The summed E-state index contributed by atoms with van der Waals surface area (Å²) in [6.07, 6.45) is 0. The predicted molar refractivity (Wildman–Crippen MR) is 50.5 cm³/mol. The lowest BCUT2D eigenvalue weighted by Crippen LogP contribution is -2.41. The van der Waals surface area contributed by atoms with Crippen LogP contribution in [0.2, 0.25) is 0 Å². The molecule has 3 N–H and O–H groups in total. The zero-order valence-electron chi connectivity index (χ0n) is 7.63. The second-order valence-electron chi connectivity index (χ2n) is 4.04. The van der Waals surface area contributed by atoms with Crippen molar-refractivity contribution >= 4 is 12.4 Å². The maximum Gasteiger partial charge on any atom is 0.0503 e. The normalized spacial score (nSPS) is 41.0. The summed E-state index contributed by atoms with van der Waals surface area (Å²) in [5, 5.41) is 21.5. The Labute approximate surface area is 79.6 Å². The molecule has 0 radical (unpaired) electrons. The highest BCUT2D eigenvalue weighted by Crippen LogP contribution is 2.41. The molecule has 1 aliphatic heterocycles. The van der Waals surface area contributed by atoms with Gasteiger partial charge in [0.2, 0.25) is 0 Å². The smallest absolute Gasteiger partial charge is 0.0503 e. The fraction of sp³-hybridized carbons (Fsp3) is 1.00. The first kappa shape index (κ1) is 12.2. The molecule has 0 saturated carbocycles. The van der Waals surface area contributed by atoms with Gasteiger partial charge in [-0.25, -0.2) is 0 Å². The monoisotopic (exact) mass is 195 g/mol. The van der Waals surface area contributed by atoms with Gasteiger partial charge < -0.3 is 15.5 Å². The number of aliphatic hydroxyl groups excluding tert-OH is 2. The molecule has 0 aliphatic carbocycles. The van der Waals surface area contributed by atoms with E-state index < -0.39 is 0 Å². The first-order chi connectivity index (χ1) is 5.08. The molecule has 2 atom stereocenters. The highest BCUT2D eigenvalue weighted by atomic mass is 35.5. The summed E-state index contributed by atoms with van der Waals surface area (Å²) < 4.78 is 0. The minimum atomic E-state index is -0.165. The number of halogens is 1. The lowest BCUT2D eigenvalue weighted by atomic mass is 9.69. The zero-order chi connectivity index (χ0) is 8.54. The maximum absolute atomic E-state index is 9.14. The van der Waals surface area contributed by atoms with E-state index in [-0.39, 0.29) is 36.5 Å². The van der Waals surface area contributed by atoms with Crippen LogP contribution in [0.5, 0.6) is 0 Å². The number of hydrogen-bond donors (Lipinski definition) is 3. The summed E-state index contributed by atoms with van der Waals surface area (Å²) >= 11 is 0. The number of nitrogens with one attached hydrogen (secondary N) is 1. The Morgan fingerprint density at radius 2 is 1.42 bits per heavy atom. The largest absolute Gasteiger partial charge is 0.396 e. The van der Waals surface area contributed by atoms with Crippen LogP contribution in [-0.4, -0.2) is 36.5 Å². The molecule has 1 aliphatic rings. The van der Waals surface area contributed by atoms with Crippen molar-refractivity contribution in [3.63, 3.8) is 0 Å². The summed E-state index contributed by atoms with van der Waals surface area (Å²) in [6, 6.07) is 0. The van der Waals surface area contributed by atoms with E-state index in [1.807, 2.05) is 13.8 Å². The van der Waals surface area contributed by atoms with Gasteiger partial charge in [-0.15, -0.1) is 12.4 Å². The molecule has 1 saturated heterocycles. The Kier molecular flexibility index (Phi) is 3.97. The van der Waals surface area contributed by atoms with Gasteiger partial charge in [0.25, 0.3) is 0 Å². The Hall–Kier alpha value is 0.170. The molecule has 0 aromatic carbocycles. The van der Waals surface area contributed by atoms with Crippen LogP contribution in [0.15, 0.2) is 0 Å². The van der Waals surface area contributed by atoms with Gasteiger partial charge >= 0.3 is 0 Å². The van der Waals surface area contributed by atoms with E-state index in [2.05, 4.69) is 5.32 Å². The van der Waals surface area contributed by atoms with Gasteiger partial charge in [-0.2, -0.15) is 0 Å². The standard InChI is InChI=1S/C8H17NO2.ClH/c1-7(5-10)3-9-4-8(7,2)6-11;/h9-11H,3-6H2,1-2H3;1H. The average Bonchev–Trinajstić information content (AvgIpc) is 2.31. The highest BCUT2D eigenvalue weighted by Gasteiger charge is 2.47. The summed E-state index contributed by atoms with van der Waals surface area (Å²) in [6.45, 7) is 5.86. The van der Waals surface area contributed by atoms with Gasteiger partial charge in [-0.3, -0.25) is 0 Å². The van der Waals surface area contributed by atoms with Gasteiger partial charge in [0.15, 0.2) is 0 Å². The second-order valence-corrected chi connectivity index (χ2v) is 4.04. The summed E-state index contributed by atoms with van der Waals surface area (Å²) in [5.74, 6) is 0. The third-order valence-electron chi connectivity index (χ3n) is 3.19. The minimum Gasteiger partial charge on any atom is -0.396 e. The van der Waals surface area contributed by atoms with E-state index in [9.17, 15) is 0 Å². The first-order valence-corrected chi connectivity index (χ1v) is 4.00. The molecule has 1 fully saturated rings. The Morgan fingerprint density at radius 1 is 1.08 bits per heavy atom. The van der Waals surface area contributed by atoms with Crippen molar-refractivity contribution in [1.29, 1.82) is 0 Å². The number of aliphatic hydroxyl groups is 2. The van der Waals surface area contributed by atoms with Crippen LogP contribution < -0.4 is 5.32 Å². The first-order valence-electron chi connectivity index (χ1n) is 4.00. The lowest BCUT2D eigenvalue weighted by Gasteiger charge is -2.37. The van der Waals surface area contributed by atoms with Gasteiger partial charge in [-0.1, -0.05) is 13.8 Å². The number of hydrogen-bond acceptors (Lipinski definition) is 3. The predicted octanol–water partition coefficient (Wildman–Crippen LogP) is 0.00860. The molecule has 0 aromatic heterocycles. The molecule has 1 heterocycles. The molecule has 4 heteroatoms. The quantitative estimate of drug-likeness (QED) is 0.582. The van der Waals surface area contributed by atoms with Gasteiger partial charge in [0.1, 0.15) is 0 Å². The van der Waals surface area contributed by atoms with Gasteiger partial charge in [0, 0.05) is 23.9 Å². The summed E-state index contributed by atoms with van der Waals surface area (Å²) in [7, 11) is 0. The van der Waals surface area contributed by atoms with Crippen molar-refractivity contribution in [3.05, 3.63) is 0 Å². The maximum atomic E-state index is 9.14. The van der Waals surface area contributed by atoms with Crippen molar-refractivity contribution in [2.24, 2.45) is 10.8 Å². The lowest BCUT2D eigenvalue weighted by molar-refractivity contribution is 0.00976. The third-order valence-corrected chi connectivity index (χ3v) is 3.19. The highest BCUT2D eigenvalue weighted by molar-refractivity contribution is 5.85. The molecule has 12 heavy (non-hydrogen) atoms. The molecule has 0 aromatic rings. The molecule has 0 spiro atoms. The molecule has 0 bridgehead atoms. The van der Waals surface area contributed by atoms with E-state index in [1.165, 1.54) is 0 Å². The van der Waals surface area contributed by atoms with Crippen LogP contribution in [0.4, 0.5) is 0 Å². The van der Waals surface area contributed by atoms with E-state index in [0.29, 0.717) is 0 Å². The van der Waals surface area contributed by atoms with E-state index in [0.717, 1.165) is 13.1 Å². The van der Waals surface area contributed by atoms with E-state index >= 15 is 0 Å². The molecule has 2 unspecified atom stereocenters. The Morgan fingerprint density at radius 3 is 1.67 bits per heavy atom. The summed E-state index contributed by atoms with van der Waals surface area (Å²) in [4.78, 5) is 0. The molecule has 74 valence electrons. The van der Waals surface area contributed by atoms with Crippen LogP contribution in [0, 0.1) is 10.8 Å². The molecular formula is C8H18ClNO2. The SMILES string of the molecule is CC1(CO)CNCC1(C)CO.Cl. The molecule has 3 nitrogen and oxygen atoms in total. The van der Waals surface area contributed by atoms with Crippen molar-refractivity contribution in [2.75, 3.05) is 26.3 Å². The Bertz CT molecular complexity index is 140. The zero-order valence-corrected chi connectivity index (χ0v) is 8.45. The molecule has 0 amide bonds. The molecular weight excluding hydrogens is 178 g/mol. The molecule has 1 rings (SSSR count). The van der Waals surface area contributed by atoms with Crippen molar-refractivity contribution in [1.82, 2.24) is 5.32 Å². The van der Waals surface area contributed by atoms with Gasteiger partial charge in [-0.05, 0) is 0 Å². The van der Waals surface area contributed by atoms with E-state index in [4.69, 9.17) is 10.2 Å². The van der Waals surface area contributed by atoms with Crippen LogP contribution in [-0.2, 0) is 0 Å². The minimum absolute atomic E-state index is 0. The van der Waals surface area contributed by atoms with Crippen LogP contribution >= 0.6 is 12.4 Å². The average molecular weight is 196 g/mol. The topological polar surface area (TPSA) is 52.5 Å². The van der Waals surface area contributed by atoms with Crippen LogP contribution in [0.3, 0.4) is 0 Å². The fourth-order valence-electron chi connectivity index (χ4n) is 1.53. The van der Waals surface area contributed by atoms with Crippen molar-refractivity contribution in [3.8, 4) is 0 Å². The second kappa shape index (κ2) is 3.92. The number of rotatable bonds is 2. The van der Waals surface area contributed by atoms with Crippen molar-refractivity contribution in [2.45, 2.75) is 13.8 Å². The Balaban J connectivity index is 0.00000121. The van der Waals surface area contributed by atoms with Crippen LogP contribution in [0.1, 0.15) is 13.8 Å².